The van der Waals surface area contributed by atoms with Crippen LogP contribution in [-0.2, 0) is 19.2 Å². The Bertz CT molecular complexity index is 453. The number of aliphatic hydroxyl groups excluding tert-OH is 1. The van der Waals surface area contributed by atoms with Gasteiger partial charge < -0.3 is 31.7 Å². The van der Waals surface area contributed by atoms with Crippen LogP contribution in [0.5, 0.6) is 0 Å². The lowest BCUT2D eigenvalue weighted by molar-refractivity contribution is -0.147. The number of nitrogens with two attached hydrogens (primary N) is 1. The standard InChI is InChI=1S/C13H23N3O7/c1-6(2)3-7(14)11(20)16-9(5-17)12(21)15-8(13(22)23)4-10(18)19/h6-9,17H,3-5,14H2,1-2H3,(H,15,21)(H,16,20)(H,18,19)(H,22,23)/t7-,8-,9-/m0/s1. The molecule has 23 heavy (non-hydrogen) atoms. The van der Waals surface area contributed by atoms with E-state index in [-0.39, 0.29) is 5.92 Å². The van der Waals surface area contributed by atoms with E-state index in [0.29, 0.717) is 6.42 Å². The lowest BCUT2D eigenvalue weighted by Crippen LogP contribution is -2.56. The number of carboxylic acid groups (broad SMARTS) is 2. The highest BCUT2D eigenvalue weighted by Crippen LogP contribution is 2.03. The fourth-order valence-corrected chi connectivity index (χ4v) is 1.73. The molecule has 0 aromatic heterocycles. The number of aliphatic hydroxyl groups is 1. The molecule has 10 heteroatoms. The van der Waals surface area contributed by atoms with Crippen molar-refractivity contribution in [3.05, 3.63) is 0 Å². The molecular weight excluding hydrogens is 310 g/mol. The van der Waals surface area contributed by atoms with E-state index in [1.807, 2.05) is 19.2 Å². The van der Waals surface area contributed by atoms with E-state index in [1.165, 1.54) is 0 Å². The average Bonchev–Trinajstić information content (AvgIpc) is 2.41. The molecule has 0 bridgehead atoms. The van der Waals surface area contributed by atoms with Crippen LogP contribution in [0, 0.1) is 5.92 Å². The van der Waals surface area contributed by atoms with Gasteiger partial charge in [-0.05, 0) is 12.3 Å². The largest absolute Gasteiger partial charge is 0.481 e. The van der Waals surface area contributed by atoms with E-state index >= 15 is 0 Å². The van der Waals surface area contributed by atoms with Crippen molar-refractivity contribution in [2.45, 2.75) is 44.8 Å². The van der Waals surface area contributed by atoms with Gasteiger partial charge in [0.05, 0.1) is 19.1 Å². The Kier molecular flexibility index (Phi) is 8.81. The number of aliphatic carboxylic acids is 2. The van der Waals surface area contributed by atoms with Crippen LogP contribution in [0.25, 0.3) is 0 Å². The summed E-state index contributed by atoms with van der Waals surface area (Å²) in [6, 6.07) is -3.97. The zero-order chi connectivity index (χ0) is 18.2. The van der Waals surface area contributed by atoms with Crippen molar-refractivity contribution in [1.82, 2.24) is 10.6 Å². The minimum atomic E-state index is -1.67. The number of carboxylic acids is 2. The SMILES string of the molecule is CC(C)C[C@H](N)C(=O)N[C@@H](CO)C(=O)N[C@@H](CC(=O)O)C(=O)O. The number of carbonyl (C=O) groups is 4. The molecule has 0 fully saturated rings. The molecule has 0 aliphatic rings. The molecule has 10 nitrogen and oxygen atoms in total. The molecule has 7 N–H and O–H groups in total. The second-order valence-electron chi connectivity index (χ2n) is 5.48. The van der Waals surface area contributed by atoms with E-state index in [4.69, 9.17) is 21.1 Å². The average molecular weight is 333 g/mol. The third-order valence-corrected chi connectivity index (χ3v) is 2.87. The maximum Gasteiger partial charge on any atom is 0.326 e. The quantitative estimate of drug-likeness (QED) is 0.262. The monoisotopic (exact) mass is 333 g/mol. The number of hydrogen-bond donors (Lipinski definition) is 6. The molecule has 0 heterocycles. The Morgan fingerprint density at radius 2 is 1.52 bits per heavy atom. The topological polar surface area (TPSA) is 179 Å². The number of nitrogens with one attached hydrogen (secondary N) is 2. The van der Waals surface area contributed by atoms with Crippen molar-refractivity contribution in [2.24, 2.45) is 11.7 Å². The highest BCUT2D eigenvalue weighted by Gasteiger charge is 2.28. The highest BCUT2D eigenvalue weighted by atomic mass is 16.4. The molecule has 0 aliphatic carbocycles. The van der Waals surface area contributed by atoms with Gasteiger partial charge in [0.25, 0.3) is 0 Å². The smallest absolute Gasteiger partial charge is 0.326 e. The summed E-state index contributed by atoms with van der Waals surface area (Å²) in [5.74, 6) is -4.49. The predicted octanol–water partition coefficient (Wildman–Crippen LogP) is -2.12. The predicted molar refractivity (Wildman–Crippen MR) is 78.3 cm³/mol. The Morgan fingerprint density at radius 3 is 1.91 bits per heavy atom. The fourth-order valence-electron chi connectivity index (χ4n) is 1.73. The summed E-state index contributed by atoms with van der Waals surface area (Å²) in [5, 5.41) is 30.8. The molecule has 2 amide bonds. The zero-order valence-corrected chi connectivity index (χ0v) is 13.0. The van der Waals surface area contributed by atoms with Gasteiger partial charge in [0.1, 0.15) is 12.1 Å². The maximum atomic E-state index is 11.9. The number of amides is 2. The first-order chi connectivity index (χ1) is 10.6. The van der Waals surface area contributed by atoms with Crippen molar-refractivity contribution in [3.8, 4) is 0 Å². The summed E-state index contributed by atoms with van der Waals surface area (Å²) in [5.41, 5.74) is 5.64. The van der Waals surface area contributed by atoms with Crippen molar-refractivity contribution in [2.75, 3.05) is 6.61 Å². The van der Waals surface area contributed by atoms with Gasteiger partial charge in [-0.2, -0.15) is 0 Å². The second-order valence-corrected chi connectivity index (χ2v) is 5.48. The summed E-state index contributed by atoms with van der Waals surface area (Å²) in [6.45, 7) is 2.92. The molecule has 0 aliphatic heterocycles. The highest BCUT2D eigenvalue weighted by molar-refractivity contribution is 5.92. The first kappa shape index (κ1) is 20.8. The normalized spacial score (nSPS) is 14.7. The van der Waals surface area contributed by atoms with Crippen LogP contribution in [0.15, 0.2) is 0 Å². The zero-order valence-electron chi connectivity index (χ0n) is 13.0. The summed E-state index contributed by atoms with van der Waals surface area (Å²) in [6.07, 6.45) is -0.470. The molecule has 132 valence electrons. The second kappa shape index (κ2) is 9.74. The van der Waals surface area contributed by atoms with Crippen molar-refractivity contribution >= 4 is 23.8 Å². The molecule has 3 atom stereocenters. The summed E-state index contributed by atoms with van der Waals surface area (Å²) < 4.78 is 0. The Hall–Kier alpha value is -2.20. The summed E-state index contributed by atoms with van der Waals surface area (Å²) in [4.78, 5) is 45.1. The maximum absolute atomic E-state index is 11.9. The van der Waals surface area contributed by atoms with Gasteiger partial charge in [0.15, 0.2) is 0 Å². The van der Waals surface area contributed by atoms with Crippen LogP contribution in [0.2, 0.25) is 0 Å². The number of hydrogen-bond acceptors (Lipinski definition) is 6. The van der Waals surface area contributed by atoms with Crippen molar-refractivity contribution in [1.29, 1.82) is 0 Å². The molecule has 0 aromatic rings. The Morgan fingerprint density at radius 1 is 1.00 bits per heavy atom. The molecule has 0 radical (unpaired) electrons. The molecule has 0 spiro atoms. The van der Waals surface area contributed by atoms with Gasteiger partial charge in [-0.1, -0.05) is 13.8 Å². The van der Waals surface area contributed by atoms with Crippen LogP contribution in [-0.4, -0.2) is 63.8 Å². The van der Waals surface area contributed by atoms with E-state index in [9.17, 15) is 19.2 Å². The lowest BCUT2D eigenvalue weighted by Gasteiger charge is -2.21. The van der Waals surface area contributed by atoms with Gasteiger partial charge in [-0.3, -0.25) is 14.4 Å². The van der Waals surface area contributed by atoms with Crippen LogP contribution in [0.1, 0.15) is 26.7 Å². The van der Waals surface area contributed by atoms with Gasteiger partial charge in [-0.15, -0.1) is 0 Å². The Labute approximate surface area is 133 Å². The number of rotatable bonds is 10. The van der Waals surface area contributed by atoms with Crippen molar-refractivity contribution < 1.29 is 34.5 Å². The first-order valence-electron chi connectivity index (χ1n) is 7.00. The summed E-state index contributed by atoms with van der Waals surface area (Å²) in [7, 11) is 0. The van der Waals surface area contributed by atoms with Crippen LogP contribution >= 0.6 is 0 Å². The van der Waals surface area contributed by atoms with E-state index in [0.717, 1.165) is 0 Å². The van der Waals surface area contributed by atoms with Crippen LogP contribution in [0.3, 0.4) is 0 Å². The molecule has 0 rings (SSSR count). The lowest BCUT2D eigenvalue weighted by atomic mass is 10.0. The minimum absolute atomic E-state index is 0.143. The molecular formula is C13H23N3O7. The van der Waals surface area contributed by atoms with Crippen LogP contribution < -0.4 is 16.4 Å². The van der Waals surface area contributed by atoms with Gasteiger partial charge in [0, 0.05) is 0 Å². The first-order valence-corrected chi connectivity index (χ1v) is 7.00. The van der Waals surface area contributed by atoms with Crippen molar-refractivity contribution in [3.63, 3.8) is 0 Å². The van der Waals surface area contributed by atoms with Gasteiger partial charge in [0.2, 0.25) is 11.8 Å². The molecule has 0 saturated carbocycles. The van der Waals surface area contributed by atoms with Crippen LogP contribution in [0.4, 0.5) is 0 Å². The number of carbonyl (C=O) groups excluding carboxylic acids is 2. The van der Waals surface area contributed by atoms with E-state index < -0.39 is 54.9 Å². The van der Waals surface area contributed by atoms with Gasteiger partial charge in [-0.25, -0.2) is 4.79 Å². The molecule has 0 aromatic carbocycles. The summed E-state index contributed by atoms with van der Waals surface area (Å²) >= 11 is 0. The molecule has 0 saturated heterocycles. The van der Waals surface area contributed by atoms with E-state index in [2.05, 4.69) is 5.32 Å². The minimum Gasteiger partial charge on any atom is -0.481 e. The van der Waals surface area contributed by atoms with Gasteiger partial charge >= 0.3 is 11.9 Å². The van der Waals surface area contributed by atoms with E-state index in [1.54, 1.807) is 0 Å². The fraction of sp³-hybridized carbons (Fsp3) is 0.692. The third kappa shape index (κ3) is 8.12. The molecule has 0 unspecified atom stereocenters. The Balaban J connectivity index is 4.75. The third-order valence-electron chi connectivity index (χ3n) is 2.87.